The summed E-state index contributed by atoms with van der Waals surface area (Å²) in [6.45, 7) is 2.60. The smallest absolute Gasteiger partial charge is 0.432 e. The highest BCUT2D eigenvalue weighted by atomic mass is 19.4. The second-order valence-electron chi connectivity index (χ2n) is 5.96. The standard InChI is InChI=1S/C20H20F3NO4/c1-4-28-18(25)19(26,20(21,22)23)15-7-10-17(13(2)11-15)24-12-14-5-8-16(27-3)9-6-14/h5-12,26H,4H2,1-3H3/t19-/m0/s1. The largest absolute Gasteiger partial charge is 0.497 e. The van der Waals surface area contributed by atoms with E-state index in [-0.39, 0.29) is 6.61 Å². The molecule has 0 saturated heterocycles. The van der Waals surface area contributed by atoms with Gasteiger partial charge in [-0.1, -0.05) is 12.1 Å². The number of alkyl halides is 3. The molecule has 28 heavy (non-hydrogen) atoms. The van der Waals surface area contributed by atoms with Crippen molar-refractivity contribution >= 4 is 17.9 Å². The quantitative estimate of drug-likeness (QED) is 0.592. The van der Waals surface area contributed by atoms with Gasteiger partial charge in [0, 0.05) is 11.8 Å². The van der Waals surface area contributed by atoms with Gasteiger partial charge in [-0.2, -0.15) is 13.2 Å². The molecule has 1 N–H and O–H groups in total. The maximum atomic E-state index is 13.4. The molecule has 0 aliphatic carbocycles. The van der Waals surface area contributed by atoms with Crippen LogP contribution in [0.3, 0.4) is 0 Å². The monoisotopic (exact) mass is 395 g/mol. The van der Waals surface area contributed by atoms with Crippen LogP contribution in [0.1, 0.15) is 23.6 Å². The first-order valence-electron chi connectivity index (χ1n) is 8.39. The molecule has 0 aliphatic heterocycles. The van der Waals surface area contributed by atoms with Gasteiger partial charge in [-0.3, -0.25) is 4.99 Å². The number of methoxy groups -OCH3 is 1. The minimum Gasteiger partial charge on any atom is -0.497 e. The van der Waals surface area contributed by atoms with Crippen molar-refractivity contribution in [1.82, 2.24) is 0 Å². The molecule has 0 radical (unpaired) electrons. The molecule has 150 valence electrons. The van der Waals surface area contributed by atoms with Crippen molar-refractivity contribution in [3.05, 3.63) is 59.2 Å². The van der Waals surface area contributed by atoms with Gasteiger partial charge in [-0.05, 0) is 55.3 Å². The van der Waals surface area contributed by atoms with Crippen molar-refractivity contribution < 1.29 is 32.5 Å². The molecule has 1 atom stereocenters. The predicted molar refractivity (Wildman–Crippen MR) is 98.0 cm³/mol. The third-order valence-electron chi connectivity index (χ3n) is 4.06. The third kappa shape index (κ3) is 4.33. The Balaban J connectivity index is 2.35. The van der Waals surface area contributed by atoms with Crippen molar-refractivity contribution in [3.8, 4) is 5.75 Å². The number of halogens is 3. The number of hydrogen-bond acceptors (Lipinski definition) is 5. The van der Waals surface area contributed by atoms with Gasteiger partial charge in [-0.15, -0.1) is 0 Å². The van der Waals surface area contributed by atoms with E-state index < -0.39 is 23.3 Å². The molecule has 5 nitrogen and oxygen atoms in total. The Bertz CT molecular complexity index is 863. The highest BCUT2D eigenvalue weighted by molar-refractivity contribution is 5.84. The van der Waals surface area contributed by atoms with Crippen LogP contribution in [0, 0.1) is 6.92 Å². The number of carbonyl (C=O) groups excluding carboxylic acids is 1. The number of nitrogens with zero attached hydrogens (tertiary/aromatic N) is 1. The Morgan fingerprint density at radius 2 is 1.82 bits per heavy atom. The Kier molecular flexibility index (Phi) is 6.45. The van der Waals surface area contributed by atoms with E-state index in [1.165, 1.54) is 19.9 Å². The summed E-state index contributed by atoms with van der Waals surface area (Å²) < 4.78 is 49.8. The van der Waals surface area contributed by atoms with Gasteiger partial charge < -0.3 is 14.6 Å². The van der Waals surface area contributed by atoms with Crippen LogP contribution in [-0.2, 0) is 15.1 Å². The lowest BCUT2D eigenvalue weighted by molar-refractivity contribution is -0.267. The van der Waals surface area contributed by atoms with E-state index in [2.05, 4.69) is 9.73 Å². The van der Waals surface area contributed by atoms with Crippen LogP contribution in [0.15, 0.2) is 47.5 Å². The van der Waals surface area contributed by atoms with Crippen molar-refractivity contribution in [2.75, 3.05) is 13.7 Å². The molecular formula is C20H20F3NO4. The van der Waals surface area contributed by atoms with Crippen LogP contribution in [0.25, 0.3) is 0 Å². The Morgan fingerprint density at radius 3 is 2.32 bits per heavy atom. The van der Waals surface area contributed by atoms with Gasteiger partial charge >= 0.3 is 12.1 Å². The fourth-order valence-electron chi connectivity index (χ4n) is 2.49. The van der Waals surface area contributed by atoms with E-state index in [0.717, 1.165) is 17.7 Å². The highest BCUT2D eigenvalue weighted by Gasteiger charge is 2.62. The summed E-state index contributed by atoms with van der Waals surface area (Å²) in [6, 6.07) is 10.4. The average molecular weight is 395 g/mol. The number of hydrogen-bond donors (Lipinski definition) is 1. The lowest BCUT2D eigenvalue weighted by Crippen LogP contribution is -2.50. The normalized spacial score (nSPS) is 14.0. The van der Waals surface area contributed by atoms with Crippen molar-refractivity contribution in [3.63, 3.8) is 0 Å². The summed E-state index contributed by atoms with van der Waals surface area (Å²) in [6.07, 6.45) is -3.69. The fraction of sp³-hybridized carbons (Fsp3) is 0.300. The molecule has 0 saturated carbocycles. The van der Waals surface area contributed by atoms with Crippen LogP contribution in [0.5, 0.6) is 5.75 Å². The third-order valence-corrected chi connectivity index (χ3v) is 4.06. The number of aryl methyl sites for hydroxylation is 1. The molecular weight excluding hydrogens is 375 g/mol. The van der Waals surface area contributed by atoms with E-state index >= 15 is 0 Å². The van der Waals surface area contributed by atoms with E-state index in [4.69, 9.17) is 4.74 Å². The van der Waals surface area contributed by atoms with Gasteiger partial charge in [0.25, 0.3) is 5.60 Å². The topological polar surface area (TPSA) is 68.1 Å². The zero-order valence-corrected chi connectivity index (χ0v) is 15.6. The zero-order valence-electron chi connectivity index (χ0n) is 15.6. The molecule has 0 heterocycles. The molecule has 0 unspecified atom stereocenters. The molecule has 2 rings (SSSR count). The summed E-state index contributed by atoms with van der Waals surface area (Å²) in [5.74, 6) is -1.08. The molecule has 0 fully saturated rings. The zero-order chi connectivity index (χ0) is 20.9. The van der Waals surface area contributed by atoms with Gasteiger partial charge in [0.1, 0.15) is 5.75 Å². The molecule has 0 bridgehead atoms. The van der Waals surface area contributed by atoms with Crippen molar-refractivity contribution in [1.29, 1.82) is 0 Å². The van der Waals surface area contributed by atoms with Crippen LogP contribution in [0.4, 0.5) is 18.9 Å². The lowest BCUT2D eigenvalue weighted by Gasteiger charge is -2.28. The van der Waals surface area contributed by atoms with Crippen molar-refractivity contribution in [2.24, 2.45) is 4.99 Å². The lowest BCUT2D eigenvalue weighted by atomic mass is 9.91. The molecule has 8 heteroatoms. The summed E-state index contributed by atoms with van der Waals surface area (Å²) in [4.78, 5) is 16.1. The maximum Gasteiger partial charge on any atom is 0.432 e. The van der Waals surface area contributed by atoms with E-state index in [9.17, 15) is 23.1 Å². The van der Waals surface area contributed by atoms with Crippen LogP contribution in [-0.4, -0.2) is 37.2 Å². The summed E-state index contributed by atoms with van der Waals surface area (Å²) in [7, 11) is 1.55. The summed E-state index contributed by atoms with van der Waals surface area (Å²) in [5.41, 5.74) is -2.85. The number of rotatable bonds is 6. The molecule has 0 amide bonds. The van der Waals surface area contributed by atoms with E-state index in [1.54, 1.807) is 37.6 Å². The number of aliphatic imine (C=N–C) groups is 1. The highest BCUT2D eigenvalue weighted by Crippen LogP contribution is 2.41. The van der Waals surface area contributed by atoms with Crippen molar-refractivity contribution in [2.45, 2.75) is 25.6 Å². The molecule has 2 aromatic rings. The number of carbonyl (C=O) groups is 1. The number of aliphatic hydroxyl groups is 1. The number of esters is 1. The fourth-order valence-corrected chi connectivity index (χ4v) is 2.49. The predicted octanol–water partition coefficient (Wildman–Crippen LogP) is 4.07. The van der Waals surface area contributed by atoms with Gasteiger partial charge in [0.2, 0.25) is 0 Å². The Hall–Kier alpha value is -2.87. The van der Waals surface area contributed by atoms with Crippen LogP contribution in [0.2, 0.25) is 0 Å². The first-order valence-corrected chi connectivity index (χ1v) is 8.39. The second-order valence-corrected chi connectivity index (χ2v) is 5.96. The minimum atomic E-state index is -5.24. The first kappa shape index (κ1) is 21.4. The van der Waals surface area contributed by atoms with Gasteiger partial charge in [-0.25, -0.2) is 4.79 Å². The average Bonchev–Trinajstić information content (AvgIpc) is 2.66. The molecule has 2 aromatic carbocycles. The Labute approximate surface area is 160 Å². The molecule has 0 aliphatic rings. The summed E-state index contributed by atoms with van der Waals surface area (Å²) in [5, 5.41) is 10.1. The van der Waals surface area contributed by atoms with Crippen LogP contribution >= 0.6 is 0 Å². The Morgan fingerprint density at radius 1 is 1.18 bits per heavy atom. The SMILES string of the molecule is CCOC(=O)[C@@](O)(c1ccc(N=Cc2ccc(OC)cc2)c(C)c1)C(F)(F)F. The summed E-state index contributed by atoms with van der Waals surface area (Å²) >= 11 is 0. The number of benzene rings is 2. The second kappa shape index (κ2) is 8.43. The van der Waals surface area contributed by atoms with Crippen LogP contribution < -0.4 is 4.74 Å². The van der Waals surface area contributed by atoms with Gasteiger partial charge in [0.05, 0.1) is 19.4 Å². The number of ether oxygens (including phenoxy) is 2. The van der Waals surface area contributed by atoms with E-state index in [0.29, 0.717) is 17.0 Å². The molecule has 0 aromatic heterocycles. The minimum absolute atomic E-state index is 0.291. The maximum absolute atomic E-state index is 13.4. The molecule has 0 spiro atoms. The first-order chi connectivity index (χ1) is 13.1. The van der Waals surface area contributed by atoms with E-state index in [1.807, 2.05) is 0 Å². The van der Waals surface area contributed by atoms with Gasteiger partial charge in [0.15, 0.2) is 0 Å².